The molecule has 3 aromatic carbocycles. The largest absolute Gasteiger partial charge is 0.341 e. The van der Waals surface area contributed by atoms with Gasteiger partial charge in [-0.05, 0) is 60.0 Å². The van der Waals surface area contributed by atoms with Crippen molar-refractivity contribution in [3.05, 3.63) is 119 Å². The Labute approximate surface area is 180 Å². The van der Waals surface area contributed by atoms with Gasteiger partial charge in [-0.25, -0.2) is 13.8 Å². The minimum atomic E-state index is -0.397. The van der Waals surface area contributed by atoms with E-state index in [0.29, 0.717) is 22.7 Å². The van der Waals surface area contributed by atoms with Crippen LogP contribution >= 0.6 is 0 Å². The van der Waals surface area contributed by atoms with Crippen LogP contribution in [-0.2, 0) is 0 Å². The fourth-order valence-corrected chi connectivity index (χ4v) is 3.48. The van der Waals surface area contributed by atoms with E-state index in [9.17, 15) is 8.78 Å². The Hall–Kier alpha value is -3.86. The molecule has 4 rings (SSSR count). The maximum Gasteiger partial charge on any atom is 0.132 e. The molecule has 1 heterocycles. The van der Waals surface area contributed by atoms with Crippen molar-refractivity contribution >= 4 is 23.2 Å². The molecule has 0 radical (unpaired) electrons. The Morgan fingerprint density at radius 1 is 0.968 bits per heavy atom. The van der Waals surface area contributed by atoms with E-state index < -0.39 is 11.6 Å². The van der Waals surface area contributed by atoms with Crippen LogP contribution in [0.3, 0.4) is 0 Å². The van der Waals surface area contributed by atoms with E-state index in [-0.39, 0.29) is 6.54 Å². The number of hydrogen-bond donors (Lipinski definition) is 1. The van der Waals surface area contributed by atoms with Crippen molar-refractivity contribution in [3.63, 3.8) is 0 Å². The molecule has 1 aliphatic heterocycles. The van der Waals surface area contributed by atoms with Crippen molar-refractivity contribution in [3.8, 4) is 0 Å². The summed E-state index contributed by atoms with van der Waals surface area (Å²) in [4.78, 5) is 9.08. The molecule has 0 unspecified atom stereocenters. The molecule has 3 nitrogen and oxygen atoms in total. The molecule has 5 heteroatoms. The molecule has 0 fully saturated rings. The fourth-order valence-electron chi connectivity index (χ4n) is 3.48. The number of hydrogen-bond acceptors (Lipinski definition) is 3. The number of rotatable bonds is 5. The van der Waals surface area contributed by atoms with Gasteiger partial charge in [0.15, 0.2) is 0 Å². The summed E-state index contributed by atoms with van der Waals surface area (Å²) < 4.78 is 28.6. The van der Waals surface area contributed by atoms with Crippen molar-refractivity contribution in [1.82, 2.24) is 0 Å². The quantitative estimate of drug-likeness (QED) is 0.494. The summed E-state index contributed by atoms with van der Waals surface area (Å²) in [5.41, 5.74) is 4.76. The summed E-state index contributed by atoms with van der Waals surface area (Å²) in [6, 6.07) is 20.5. The Morgan fingerprint density at radius 3 is 2.48 bits per heavy atom. The van der Waals surface area contributed by atoms with Crippen molar-refractivity contribution in [2.45, 2.75) is 6.92 Å². The number of aliphatic imine (C=N–C) groups is 2. The topological polar surface area (TPSA) is 36.8 Å². The number of allylic oxidation sites excluding steroid dienone is 1. The lowest BCUT2D eigenvalue weighted by molar-refractivity contribution is 0.623. The third-order valence-electron chi connectivity index (χ3n) is 5.10. The third-order valence-corrected chi connectivity index (χ3v) is 5.10. The molecule has 0 aliphatic carbocycles. The number of benzene rings is 3. The Kier molecular flexibility index (Phi) is 5.85. The minimum Gasteiger partial charge on any atom is -0.341 e. The smallest absolute Gasteiger partial charge is 0.132 e. The Bertz CT molecular complexity index is 1220. The summed E-state index contributed by atoms with van der Waals surface area (Å²) in [5.74, 6) is -0.312. The number of para-hydroxylation sites is 1. The van der Waals surface area contributed by atoms with E-state index in [1.165, 1.54) is 18.2 Å². The van der Waals surface area contributed by atoms with Gasteiger partial charge in [0, 0.05) is 23.0 Å². The lowest BCUT2D eigenvalue weighted by Gasteiger charge is -2.12. The molecule has 0 amide bonds. The molecule has 154 valence electrons. The Morgan fingerprint density at radius 2 is 1.71 bits per heavy atom. The second-order valence-electron chi connectivity index (χ2n) is 7.18. The highest BCUT2D eigenvalue weighted by molar-refractivity contribution is 6.17. The molecular weight excluding hydrogens is 392 g/mol. The number of nitrogens with zero attached hydrogens (tertiary/aromatic N) is 2. The molecule has 3 aromatic rings. The lowest BCUT2D eigenvalue weighted by Crippen LogP contribution is -2.08. The predicted octanol–water partition coefficient (Wildman–Crippen LogP) is 6.24. The highest BCUT2D eigenvalue weighted by Gasteiger charge is 2.21. The predicted molar refractivity (Wildman–Crippen MR) is 124 cm³/mol. The zero-order valence-corrected chi connectivity index (χ0v) is 17.1. The summed E-state index contributed by atoms with van der Waals surface area (Å²) in [5, 5.41) is 3.13. The van der Waals surface area contributed by atoms with Gasteiger partial charge in [-0.3, -0.25) is 4.99 Å². The molecule has 0 saturated carbocycles. The van der Waals surface area contributed by atoms with Crippen LogP contribution < -0.4 is 5.32 Å². The van der Waals surface area contributed by atoms with Gasteiger partial charge in [0.1, 0.15) is 17.5 Å². The first kappa shape index (κ1) is 20.4. The summed E-state index contributed by atoms with van der Waals surface area (Å²) in [7, 11) is 0. The normalized spacial score (nSPS) is 13.6. The molecule has 1 aliphatic rings. The number of fused-ring (bicyclic) bond motifs is 1. The van der Waals surface area contributed by atoms with Crippen LogP contribution in [0.2, 0.25) is 0 Å². The van der Waals surface area contributed by atoms with E-state index in [1.807, 2.05) is 37.3 Å². The van der Waals surface area contributed by atoms with Gasteiger partial charge in [-0.2, -0.15) is 0 Å². The fraction of sp³-hybridized carbons (Fsp3) is 0.0769. The lowest BCUT2D eigenvalue weighted by atomic mass is 9.92. The monoisotopic (exact) mass is 413 g/mol. The molecule has 0 saturated heterocycles. The van der Waals surface area contributed by atoms with Gasteiger partial charge in [-0.1, -0.05) is 43.0 Å². The van der Waals surface area contributed by atoms with Gasteiger partial charge in [0.25, 0.3) is 0 Å². The van der Waals surface area contributed by atoms with Crippen LogP contribution in [0.15, 0.2) is 101 Å². The second-order valence-corrected chi connectivity index (χ2v) is 7.18. The SMILES string of the molecule is C=C(/N=C\C1=C(C)c2ccc(F)cc2C(c2ccccc2F)=NC1)Nc1ccccc1. The number of anilines is 1. The maximum absolute atomic E-state index is 14.5. The van der Waals surface area contributed by atoms with Crippen LogP contribution in [-0.4, -0.2) is 18.5 Å². The molecule has 0 atom stereocenters. The van der Waals surface area contributed by atoms with Gasteiger partial charge >= 0.3 is 0 Å². The average molecular weight is 413 g/mol. The standard InChI is InChI=1S/C26H21F2N3/c1-17-19(15-29-18(2)31-21-8-4-3-5-9-21)16-30-26(23-10-6-7-11-25(23)28)24-14-20(27)12-13-22(17)24/h3-15,31H,2,16H2,1H3/b29-15-. The first-order chi connectivity index (χ1) is 15.0. The molecular formula is C26H21F2N3. The van der Waals surface area contributed by atoms with Crippen LogP contribution in [0.25, 0.3) is 5.57 Å². The van der Waals surface area contributed by atoms with Gasteiger partial charge in [0.05, 0.1) is 12.3 Å². The minimum absolute atomic E-state index is 0.286. The van der Waals surface area contributed by atoms with Crippen molar-refractivity contribution in [2.24, 2.45) is 9.98 Å². The van der Waals surface area contributed by atoms with E-state index >= 15 is 0 Å². The van der Waals surface area contributed by atoms with E-state index in [0.717, 1.165) is 22.4 Å². The highest BCUT2D eigenvalue weighted by Crippen LogP contribution is 2.29. The Balaban J connectivity index is 1.70. The van der Waals surface area contributed by atoms with Crippen LogP contribution in [0.1, 0.15) is 23.6 Å². The van der Waals surface area contributed by atoms with Gasteiger partial charge in [-0.15, -0.1) is 0 Å². The number of halogens is 2. The summed E-state index contributed by atoms with van der Waals surface area (Å²) in [6.45, 7) is 6.17. The van der Waals surface area contributed by atoms with Gasteiger partial charge < -0.3 is 5.32 Å². The van der Waals surface area contributed by atoms with Crippen molar-refractivity contribution < 1.29 is 8.78 Å². The van der Waals surface area contributed by atoms with Crippen LogP contribution in [0.4, 0.5) is 14.5 Å². The third kappa shape index (κ3) is 4.51. The van der Waals surface area contributed by atoms with E-state index in [2.05, 4.69) is 21.9 Å². The zero-order valence-electron chi connectivity index (χ0n) is 17.1. The van der Waals surface area contributed by atoms with Crippen molar-refractivity contribution in [2.75, 3.05) is 11.9 Å². The molecule has 31 heavy (non-hydrogen) atoms. The molecule has 0 bridgehead atoms. The van der Waals surface area contributed by atoms with E-state index in [1.54, 1.807) is 30.5 Å². The van der Waals surface area contributed by atoms with Crippen LogP contribution in [0.5, 0.6) is 0 Å². The number of nitrogens with one attached hydrogen (secondary N) is 1. The summed E-state index contributed by atoms with van der Waals surface area (Å²) in [6.07, 6.45) is 1.70. The second kappa shape index (κ2) is 8.88. The average Bonchev–Trinajstić information content (AvgIpc) is 2.90. The van der Waals surface area contributed by atoms with Gasteiger partial charge in [0.2, 0.25) is 0 Å². The first-order valence-electron chi connectivity index (χ1n) is 9.87. The van der Waals surface area contributed by atoms with E-state index in [4.69, 9.17) is 0 Å². The van der Waals surface area contributed by atoms with Crippen molar-refractivity contribution in [1.29, 1.82) is 0 Å². The maximum atomic E-state index is 14.5. The zero-order chi connectivity index (χ0) is 21.8. The molecule has 0 spiro atoms. The highest BCUT2D eigenvalue weighted by atomic mass is 19.1. The van der Waals surface area contributed by atoms with Crippen LogP contribution in [0, 0.1) is 11.6 Å². The molecule has 1 N–H and O–H groups in total. The summed E-state index contributed by atoms with van der Waals surface area (Å²) >= 11 is 0. The molecule has 0 aromatic heterocycles. The first-order valence-corrected chi connectivity index (χ1v) is 9.87.